The summed E-state index contributed by atoms with van der Waals surface area (Å²) in [7, 11) is -3.66. The van der Waals surface area contributed by atoms with Crippen molar-refractivity contribution in [1.29, 1.82) is 0 Å². The van der Waals surface area contributed by atoms with Gasteiger partial charge in [-0.2, -0.15) is 0 Å². The number of aromatic nitrogens is 2. The van der Waals surface area contributed by atoms with Crippen LogP contribution >= 0.6 is 11.6 Å². The van der Waals surface area contributed by atoms with Gasteiger partial charge < -0.3 is 9.30 Å². The minimum atomic E-state index is -3.66. The summed E-state index contributed by atoms with van der Waals surface area (Å²) >= 11 is 5.89. The van der Waals surface area contributed by atoms with Crippen molar-refractivity contribution in [3.63, 3.8) is 0 Å². The van der Waals surface area contributed by atoms with Crippen molar-refractivity contribution in [2.24, 2.45) is 0 Å². The summed E-state index contributed by atoms with van der Waals surface area (Å²) in [6.07, 6.45) is 5.86. The number of imidazole rings is 1. The van der Waals surface area contributed by atoms with Crippen LogP contribution in [0.2, 0.25) is 5.02 Å². The van der Waals surface area contributed by atoms with E-state index in [1.54, 1.807) is 31.6 Å². The van der Waals surface area contributed by atoms with Crippen LogP contribution in [-0.4, -0.2) is 31.1 Å². The Hall–Kier alpha value is -1.57. The molecule has 6 nitrogen and oxygen atoms in total. The molecule has 0 unspecified atom stereocenters. The smallest absolute Gasteiger partial charge is 0.244 e. The molecule has 1 heterocycles. The highest BCUT2D eigenvalue weighted by Gasteiger charge is 2.19. The van der Waals surface area contributed by atoms with E-state index in [-0.39, 0.29) is 4.90 Å². The molecule has 0 amide bonds. The van der Waals surface area contributed by atoms with Gasteiger partial charge in [-0.1, -0.05) is 11.6 Å². The second-order valence-electron chi connectivity index (χ2n) is 4.58. The number of nitrogens with one attached hydrogen (secondary N) is 1. The average Bonchev–Trinajstić information content (AvgIpc) is 2.99. The third-order valence-corrected chi connectivity index (χ3v) is 4.66. The molecule has 1 N–H and O–H groups in total. The summed E-state index contributed by atoms with van der Waals surface area (Å²) in [5.41, 5.74) is 0. The Kier molecular flexibility index (Phi) is 5.82. The lowest BCUT2D eigenvalue weighted by Gasteiger charge is -2.12. The monoisotopic (exact) mass is 343 g/mol. The SMILES string of the molecule is CCOc1ccc(Cl)cc1S(=O)(=O)NCCCn1ccnc1. The Morgan fingerprint density at radius 2 is 2.23 bits per heavy atom. The summed E-state index contributed by atoms with van der Waals surface area (Å²) in [5.74, 6) is 0.300. The van der Waals surface area contributed by atoms with E-state index in [9.17, 15) is 8.42 Å². The van der Waals surface area contributed by atoms with Crippen LogP contribution < -0.4 is 9.46 Å². The number of hydrogen-bond donors (Lipinski definition) is 1. The van der Waals surface area contributed by atoms with Gasteiger partial charge >= 0.3 is 0 Å². The molecule has 2 rings (SSSR count). The molecule has 0 fully saturated rings. The first-order chi connectivity index (χ1) is 10.5. The van der Waals surface area contributed by atoms with Crippen LogP contribution in [0.1, 0.15) is 13.3 Å². The van der Waals surface area contributed by atoms with Crippen molar-refractivity contribution in [1.82, 2.24) is 14.3 Å². The van der Waals surface area contributed by atoms with Crippen molar-refractivity contribution in [2.45, 2.75) is 24.8 Å². The molecule has 0 bridgehead atoms. The fourth-order valence-electron chi connectivity index (χ4n) is 1.93. The number of aryl methyl sites for hydroxylation is 1. The lowest BCUT2D eigenvalue weighted by molar-refractivity contribution is 0.331. The van der Waals surface area contributed by atoms with Gasteiger partial charge in [0.1, 0.15) is 10.6 Å². The summed E-state index contributed by atoms with van der Waals surface area (Å²) in [6, 6.07) is 4.56. The predicted octanol–water partition coefficient (Wildman–Crippen LogP) is 2.30. The van der Waals surface area contributed by atoms with Crippen molar-refractivity contribution >= 4 is 21.6 Å². The van der Waals surface area contributed by atoms with Crippen molar-refractivity contribution in [3.8, 4) is 5.75 Å². The molecule has 22 heavy (non-hydrogen) atoms. The van der Waals surface area contributed by atoms with Gasteiger partial charge in [-0.15, -0.1) is 0 Å². The maximum Gasteiger partial charge on any atom is 0.244 e. The van der Waals surface area contributed by atoms with E-state index >= 15 is 0 Å². The Bertz CT molecular complexity index is 702. The van der Waals surface area contributed by atoms with Gasteiger partial charge in [-0.25, -0.2) is 18.1 Å². The lowest BCUT2D eigenvalue weighted by Crippen LogP contribution is -2.26. The van der Waals surface area contributed by atoms with E-state index in [1.165, 1.54) is 6.07 Å². The van der Waals surface area contributed by atoms with Crippen LogP contribution in [0.4, 0.5) is 0 Å². The maximum absolute atomic E-state index is 12.4. The second-order valence-corrected chi connectivity index (χ2v) is 6.75. The van der Waals surface area contributed by atoms with Crippen LogP contribution in [0.5, 0.6) is 5.75 Å². The molecule has 0 aliphatic carbocycles. The van der Waals surface area contributed by atoms with E-state index < -0.39 is 10.0 Å². The van der Waals surface area contributed by atoms with Crippen LogP contribution in [-0.2, 0) is 16.6 Å². The third kappa shape index (κ3) is 4.46. The van der Waals surface area contributed by atoms with Gasteiger partial charge in [-0.05, 0) is 31.5 Å². The van der Waals surface area contributed by atoms with Gasteiger partial charge in [0.15, 0.2) is 0 Å². The minimum Gasteiger partial charge on any atom is -0.492 e. The molecule has 1 aromatic carbocycles. The standard InChI is InChI=1S/C14H18ClN3O3S/c1-2-21-13-5-4-12(15)10-14(13)22(19,20)17-6-3-8-18-9-7-16-11-18/h4-5,7,9-11,17H,2-3,6,8H2,1H3. The zero-order chi connectivity index (χ0) is 16.0. The zero-order valence-corrected chi connectivity index (χ0v) is 13.8. The number of rotatable bonds is 8. The molecule has 0 atom stereocenters. The summed E-state index contributed by atoms with van der Waals surface area (Å²) < 4.78 is 34.6. The lowest BCUT2D eigenvalue weighted by atomic mass is 10.3. The Balaban J connectivity index is 2.01. The molecule has 0 aliphatic heterocycles. The molecule has 0 spiro atoms. The predicted molar refractivity (Wildman–Crippen MR) is 84.7 cm³/mol. The van der Waals surface area contributed by atoms with Crippen LogP contribution in [0.25, 0.3) is 0 Å². The van der Waals surface area contributed by atoms with Crippen molar-refractivity contribution in [2.75, 3.05) is 13.2 Å². The zero-order valence-electron chi connectivity index (χ0n) is 12.2. The highest BCUT2D eigenvalue weighted by Crippen LogP contribution is 2.27. The van der Waals surface area contributed by atoms with Gasteiger partial charge in [0.05, 0.1) is 12.9 Å². The van der Waals surface area contributed by atoms with E-state index in [0.29, 0.717) is 36.9 Å². The Morgan fingerprint density at radius 1 is 1.41 bits per heavy atom. The van der Waals surface area contributed by atoms with E-state index in [0.717, 1.165) is 0 Å². The van der Waals surface area contributed by atoms with Gasteiger partial charge in [0.2, 0.25) is 10.0 Å². The molecule has 0 saturated carbocycles. The largest absolute Gasteiger partial charge is 0.492 e. The second kappa shape index (κ2) is 7.62. The van der Waals surface area contributed by atoms with Crippen LogP contribution in [0, 0.1) is 0 Å². The van der Waals surface area contributed by atoms with Crippen molar-refractivity contribution in [3.05, 3.63) is 41.9 Å². The highest BCUT2D eigenvalue weighted by molar-refractivity contribution is 7.89. The molecular weight excluding hydrogens is 326 g/mol. The highest BCUT2D eigenvalue weighted by atomic mass is 35.5. The third-order valence-electron chi connectivity index (χ3n) is 2.94. The molecular formula is C14H18ClN3O3S. The number of benzene rings is 1. The molecule has 2 aromatic rings. The number of ether oxygens (including phenoxy) is 1. The number of nitrogens with zero attached hydrogens (tertiary/aromatic N) is 2. The van der Waals surface area contributed by atoms with Gasteiger partial charge in [-0.3, -0.25) is 0 Å². The maximum atomic E-state index is 12.4. The van der Waals surface area contributed by atoms with Crippen LogP contribution in [0.3, 0.4) is 0 Å². The normalized spacial score (nSPS) is 11.5. The molecule has 8 heteroatoms. The molecule has 120 valence electrons. The first-order valence-corrected chi connectivity index (χ1v) is 8.77. The fourth-order valence-corrected chi connectivity index (χ4v) is 3.41. The Labute approximate surface area is 135 Å². The van der Waals surface area contributed by atoms with E-state index in [2.05, 4.69) is 9.71 Å². The first-order valence-electron chi connectivity index (χ1n) is 6.90. The number of sulfonamides is 1. The quantitative estimate of drug-likeness (QED) is 0.746. The summed E-state index contributed by atoms with van der Waals surface area (Å²) in [6.45, 7) is 3.18. The van der Waals surface area contributed by atoms with E-state index in [1.807, 2.05) is 10.8 Å². The summed E-state index contributed by atoms with van der Waals surface area (Å²) in [4.78, 5) is 3.99. The number of halogens is 1. The topological polar surface area (TPSA) is 73.2 Å². The van der Waals surface area contributed by atoms with Gasteiger partial charge in [0, 0.05) is 30.5 Å². The molecule has 1 aromatic heterocycles. The summed E-state index contributed by atoms with van der Waals surface area (Å²) in [5, 5.41) is 0.349. The first kappa shape index (κ1) is 16.8. The molecule has 0 aliphatic rings. The molecule has 0 saturated heterocycles. The van der Waals surface area contributed by atoms with Crippen molar-refractivity contribution < 1.29 is 13.2 Å². The number of hydrogen-bond acceptors (Lipinski definition) is 4. The van der Waals surface area contributed by atoms with E-state index in [4.69, 9.17) is 16.3 Å². The minimum absolute atomic E-state index is 0.0597. The van der Waals surface area contributed by atoms with Gasteiger partial charge in [0.25, 0.3) is 0 Å². The fraction of sp³-hybridized carbons (Fsp3) is 0.357. The molecule has 0 radical (unpaired) electrons. The average molecular weight is 344 g/mol. The Morgan fingerprint density at radius 3 is 2.91 bits per heavy atom. The van der Waals surface area contributed by atoms with Crippen LogP contribution in [0.15, 0.2) is 41.8 Å².